The van der Waals surface area contributed by atoms with Crippen LogP contribution < -0.4 is 0 Å². The molecule has 8 nitrogen and oxygen atoms in total. The maximum Gasteiger partial charge on any atom is 0.146 e. The van der Waals surface area contributed by atoms with Crippen LogP contribution in [0.3, 0.4) is 0 Å². The van der Waals surface area contributed by atoms with Crippen LogP contribution in [-0.2, 0) is 44.9 Å². The van der Waals surface area contributed by atoms with Crippen molar-refractivity contribution in [2.45, 2.75) is 91.4 Å². The molecule has 0 saturated heterocycles. The van der Waals surface area contributed by atoms with Gasteiger partial charge in [0.1, 0.15) is 20.4 Å². The molecule has 0 spiro atoms. The van der Waals surface area contributed by atoms with E-state index in [-0.39, 0.29) is 41.0 Å². The Morgan fingerprint density at radius 3 is 1.44 bits per heavy atom. The fourth-order valence-corrected chi connectivity index (χ4v) is 2.22. The monoisotopic (exact) mass is 650 g/mol. The van der Waals surface area contributed by atoms with Gasteiger partial charge in [-0.2, -0.15) is 0 Å². The fraction of sp³-hybridized carbons (Fsp3) is 0.806. The summed E-state index contributed by atoms with van der Waals surface area (Å²) in [5, 5.41) is 16.9. The Kier molecular flexibility index (Phi) is 67.7. The Hall–Kier alpha value is -0.536. The van der Waals surface area contributed by atoms with E-state index in [0.717, 1.165) is 71.2 Å². The minimum atomic E-state index is 0. The number of rotatable bonds is 25. The summed E-state index contributed by atoms with van der Waals surface area (Å²) in [7, 11) is 0. The van der Waals surface area contributed by atoms with Gasteiger partial charge in [0.2, 0.25) is 0 Å². The van der Waals surface area contributed by atoms with Crippen LogP contribution >= 0.6 is 9.90 Å². The predicted octanol–water partition coefficient (Wildman–Crippen LogP) is 6.30. The van der Waals surface area contributed by atoms with Crippen molar-refractivity contribution in [2.75, 3.05) is 73.2 Å². The Balaban J connectivity index is -0.000000113. The van der Waals surface area contributed by atoms with Gasteiger partial charge in [0.25, 0.3) is 0 Å². The number of aliphatic hydroxyl groups excluding tert-OH is 2. The second kappa shape index (κ2) is 55.4. The third kappa shape index (κ3) is 63.8. The second-order valence-electron chi connectivity index (χ2n) is 8.17. The smallest absolute Gasteiger partial charge is 0.146 e. The molecule has 250 valence electrons. The van der Waals surface area contributed by atoms with E-state index < -0.39 is 0 Å². The summed E-state index contributed by atoms with van der Waals surface area (Å²) >= 11 is 0. The molecule has 0 aliphatic rings. The quantitative estimate of drug-likeness (QED) is 0.0297. The first kappa shape index (κ1) is 50.1. The van der Waals surface area contributed by atoms with Gasteiger partial charge >= 0.3 is 0 Å². The number of aliphatic hydroxyl groups is 2. The maximum atomic E-state index is 8.49. The maximum absolute atomic E-state index is 8.49. The first-order valence-electron chi connectivity index (χ1n) is 14.5. The summed E-state index contributed by atoms with van der Waals surface area (Å²) in [6.45, 7) is 12.1. The number of terminal acetylenes is 1. The molecule has 0 atom stereocenters. The van der Waals surface area contributed by atoms with E-state index in [1.165, 1.54) is 0 Å². The van der Waals surface area contributed by atoms with E-state index in [1.54, 1.807) is 0 Å². The molecule has 0 fully saturated rings. The van der Waals surface area contributed by atoms with Gasteiger partial charge in [-0.3, -0.25) is 0 Å². The van der Waals surface area contributed by atoms with Crippen LogP contribution in [0.4, 0.5) is 0 Å². The van der Waals surface area contributed by atoms with E-state index >= 15 is 0 Å². The molecule has 0 rings (SSSR count). The molecule has 0 aromatic rings. The third-order valence-corrected chi connectivity index (χ3v) is 4.44. The number of ether oxygens (including phenoxy) is 6. The zero-order chi connectivity index (χ0) is 29.3. The minimum Gasteiger partial charge on any atom is -1.51 e. The molecule has 0 heterocycles. The van der Waals surface area contributed by atoms with Crippen molar-refractivity contribution in [1.82, 2.24) is 0 Å². The van der Waals surface area contributed by atoms with Crippen LogP contribution in [0.2, 0.25) is 0 Å². The summed E-state index contributed by atoms with van der Waals surface area (Å²) in [5.41, 5.74) is 0. The van der Waals surface area contributed by atoms with Crippen LogP contribution in [0.25, 0.3) is 0 Å². The van der Waals surface area contributed by atoms with Gasteiger partial charge in [0, 0.05) is 63.6 Å². The van der Waals surface area contributed by atoms with Gasteiger partial charge < -0.3 is 48.5 Å². The fourth-order valence-electron chi connectivity index (χ4n) is 2.22. The van der Waals surface area contributed by atoms with Crippen LogP contribution in [0.15, 0.2) is 12.2 Å². The SMILES string of the molecule is C#CCCOCOCCCC.CCCCOCOCC/C=C\CCO.CCCCOCOCCC#CCCO.[HH].[Ni].[PH-2]. The molecule has 0 aliphatic carbocycles. The molecule has 10 heteroatoms. The summed E-state index contributed by atoms with van der Waals surface area (Å²) in [4.78, 5) is 0. The summed E-state index contributed by atoms with van der Waals surface area (Å²) in [6, 6.07) is 0. The molecule has 41 heavy (non-hydrogen) atoms. The molecule has 0 radical (unpaired) electrons. The topological polar surface area (TPSA) is 95.8 Å². The van der Waals surface area contributed by atoms with Crippen molar-refractivity contribution in [3.63, 3.8) is 0 Å². The Morgan fingerprint density at radius 2 is 1.00 bits per heavy atom. The number of hydrogen-bond acceptors (Lipinski definition) is 8. The molecule has 0 aromatic heterocycles. The van der Waals surface area contributed by atoms with Crippen molar-refractivity contribution in [2.24, 2.45) is 0 Å². The van der Waals surface area contributed by atoms with E-state index in [4.69, 9.17) is 45.1 Å². The zero-order valence-electron chi connectivity index (χ0n) is 25.9. The van der Waals surface area contributed by atoms with Gasteiger partial charge in [0.15, 0.2) is 0 Å². The van der Waals surface area contributed by atoms with Gasteiger partial charge in [-0.1, -0.05) is 52.2 Å². The van der Waals surface area contributed by atoms with E-state index in [0.29, 0.717) is 59.5 Å². The zero-order valence-corrected chi connectivity index (χ0v) is 27.9. The number of unbranched alkanes of at least 4 members (excludes halogenated alkanes) is 3. The first-order chi connectivity index (χ1) is 19.2. The number of hydrogen-bond donors (Lipinski definition) is 2. The van der Waals surface area contributed by atoms with Crippen molar-refractivity contribution in [3.05, 3.63) is 12.2 Å². The normalized spacial score (nSPS) is 9.66. The van der Waals surface area contributed by atoms with E-state index in [2.05, 4.69) is 38.5 Å². The molecule has 2 N–H and O–H groups in total. The Bertz CT molecular complexity index is 557. The Morgan fingerprint density at radius 1 is 0.585 bits per heavy atom. The Labute approximate surface area is 267 Å². The molecule has 0 aliphatic heterocycles. The van der Waals surface area contributed by atoms with Gasteiger partial charge in [-0.25, -0.2) is 0 Å². The van der Waals surface area contributed by atoms with Gasteiger partial charge in [-0.05, 0) is 32.1 Å². The molecule has 0 amide bonds. The minimum absolute atomic E-state index is 0. The second-order valence-corrected chi connectivity index (χ2v) is 8.17. The first-order valence-corrected chi connectivity index (χ1v) is 14.5. The van der Waals surface area contributed by atoms with Crippen LogP contribution in [0, 0.1) is 24.2 Å². The van der Waals surface area contributed by atoms with Crippen molar-refractivity contribution >= 4 is 9.90 Å². The van der Waals surface area contributed by atoms with Crippen molar-refractivity contribution in [3.8, 4) is 24.2 Å². The summed E-state index contributed by atoms with van der Waals surface area (Å²) in [5.74, 6) is 8.21. The largest absolute Gasteiger partial charge is 1.51 e. The molecular formula is C31H61NiO8P-2. The molecule has 0 unspecified atom stereocenters. The molecule has 0 aromatic carbocycles. The van der Waals surface area contributed by atoms with E-state index in [1.807, 2.05) is 12.2 Å². The average molecular weight is 651 g/mol. The van der Waals surface area contributed by atoms with E-state index in [9.17, 15) is 0 Å². The third-order valence-electron chi connectivity index (χ3n) is 4.44. The standard InChI is InChI=1S/C11H22O3.C11H20O3.C9H16O2.Ni.HP.H2/c2*1-2-3-9-13-11-14-10-7-5-4-6-8-12;1-3-5-7-10-9-11-8-6-4-2;;;/h4-5,12H,2-3,6-11H2,1H3;12H,2-3,6-11H2,1H3;1H,4-9H2,2H3;;2*1H/q;;;;-2;/b5-4-;;;;;. The average Bonchev–Trinajstić information content (AvgIpc) is 2.95. The van der Waals surface area contributed by atoms with Crippen LogP contribution in [-0.4, -0.2) is 83.4 Å². The molecule has 0 bridgehead atoms. The van der Waals surface area contributed by atoms with Crippen LogP contribution in [0.1, 0.15) is 92.8 Å². The summed E-state index contributed by atoms with van der Waals surface area (Å²) in [6.07, 6.45) is 19.3. The molecule has 0 saturated carbocycles. The van der Waals surface area contributed by atoms with Gasteiger partial charge in [-0.15, -0.1) is 24.2 Å². The van der Waals surface area contributed by atoms with Crippen LogP contribution in [0.5, 0.6) is 0 Å². The summed E-state index contributed by atoms with van der Waals surface area (Å²) < 4.78 is 31.0. The molecular weight excluding hydrogens is 590 g/mol. The van der Waals surface area contributed by atoms with Gasteiger partial charge in [0.05, 0.1) is 26.4 Å². The van der Waals surface area contributed by atoms with Crippen molar-refractivity contribution in [1.29, 1.82) is 0 Å². The van der Waals surface area contributed by atoms with Crippen molar-refractivity contribution < 1.29 is 56.6 Å². The predicted molar refractivity (Wildman–Crippen MR) is 168 cm³/mol.